The van der Waals surface area contributed by atoms with Crippen molar-refractivity contribution in [1.29, 1.82) is 0 Å². The summed E-state index contributed by atoms with van der Waals surface area (Å²) in [4.78, 5) is 0. The van der Waals surface area contributed by atoms with Crippen molar-refractivity contribution in [2.75, 3.05) is 13.2 Å². The maximum absolute atomic E-state index is 9.91. The van der Waals surface area contributed by atoms with Crippen molar-refractivity contribution >= 4 is 20.3 Å². The van der Waals surface area contributed by atoms with Crippen molar-refractivity contribution in [1.82, 2.24) is 0 Å². The van der Waals surface area contributed by atoms with E-state index in [0.29, 0.717) is 43.4 Å². The first-order chi connectivity index (χ1) is 12.1. The summed E-state index contributed by atoms with van der Waals surface area (Å²) in [7, 11) is -0.912. The van der Waals surface area contributed by atoms with Crippen LogP contribution in [0.2, 0.25) is 0 Å². The molecule has 0 aromatic heterocycles. The molecule has 1 atom stereocenters. The van der Waals surface area contributed by atoms with Crippen LogP contribution in [0.4, 0.5) is 0 Å². The van der Waals surface area contributed by atoms with Gasteiger partial charge in [-0.15, -0.1) is 0 Å². The molecule has 1 unspecified atom stereocenters. The maximum atomic E-state index is 9.91. The maximum Gasteiger partial charge on any atom is 0.569 e. The van der Waals surface area contributed by atoms with Gasteiger partial charge in [0.2, 0.25) is 0 Å². The number of ether oxygens (including phenoxy) is 2. The van der Waals surface area contributed by atoms with Crippen molar-refractivity contribution in [3.05, 3.63) is 48.5 Å². The van der Waals surface area contributed by atoms with E-state index < -0.39 is 13.2 Å². The van der Waals surface area contributed by atoms with Gasteiger partial charge < -0.3 is 34.3 Å². The average Bonchev–Trinajstić information content (AvgIpc) is 2.62. The molecule has 0 aliphatic rings. The highest BCUT2D eigenvalue weighted by molar-refractivity contribution is 6.58. The topological polar surface area (TPSA) is 109 Å². The van der Waals surface area contributed by atoms with Gasteiger partial charge in [-0.2, -0.15) is 0 Å². The van der Waals surface area contributed by atoms with Crippen LogP contribution in [0.1, 0.15) is 6.42 Å². The Kier molecular flexibility index (Phi) is 7.62. The Balaban J connectivity index is 1.67. The highest BCUT2D eigenvalue weighted by Crippen LogP contribution is 2.17. The monoisotopic (exact) mass is 345 g/mol. The predicted octanol–water partition coefficient (Wildman–Crippen LogP) is -0.520. The molecule has 2 aromatic rings. The first-order valence-electron chi connectivity index (χ1n) is 7.71. The van der Waals surface area contributed by atoms with E-state index >= 15 is 0 Å². The molecule has 0 heterocycles. The molecule has 0 saturated heterocycles. The van der Waals surface area contributed by atoms with Gasteiger partial charge in [-0.25, -0.2) is 0 Å². The molecule has 4 N–H and O–H groups in total. The van der Waals surface area contributed by atoms with Crippen LogP contribution in [-0.2, 0) is 0 Å². The quantitative estimate of drug-likeness (QED) is 0.429. The fraction of sp³-hybridized carbons (Fsp3) is 0.250. The fourth-order valence-electron chi connectivity index (χ4n) is 2.00. The van der Waals surface area contributed by atoms with Crippen LogP contribution in [0.15, 0.2) is 48.5 Å². The molecule has 0 aliphatic heterocycles. The summed E-state index contributed by atoms with van der Waals surface area (Å²) in [5, 5.41) is 36.4. The summed E-state index contributed by atoms with van der Waals surface area (Å²) < 4.78 is 15.7. The van der Waals surface area contributed by atoms with Crippen molar-refractivity contribution in [2.45, 2.75) is 12.5 Å². The smallest absolute Gasteiger partial charge is 0.537 e. The molecular weight excluding hydrogens is 326 g/mol. The molecule has 2 rings (SSSR count). The van der Waals surface area contributed by atoms with Gasteiger partial charge >= 0.3 is 14.8 Å². The second kappa shape index (κ2) is 9.95. The third-order valence-corrected chi connectivity index (χ3v) is 3.35. The van der Waals surface area contributed by atoms with E-state index in [2.05, 4.69) is 0 Å². The molecule has 9 heteroatoms. The number of rotatable bonds is 10. The number of aliphatic hydroxyl groups excluding tert-OH is 1. The molecule has 0 aliphatic carbocycles. The third kappa shape index (κ3) is 6.67. The lowest BCUT2D eigenvalue weighted by atomic mass is 9.80. The van der Waals surface area contributed by atoms with E-state index in [0.717, 1.165) is 0 Å². The van der Waals surface area contributed by atoms with Crippen LogP contribution >= 0.6 is 0 Å². The van der Waals surface area contributed by atoms with Gasteiger partial charge in [0.05, 0.1) is 12.7 Å². The minimum atomic E-state index is -1.51. The van der Waals surface area contributed by atoms with Crippen LogP contribution < -0.4 is 19.6 Å². The summed E-state index contributed by atoms with van der Waals surface area (Å²) in [6.45, 7) is 0.413. The summed E-state index contributed by atoms with van der Waals surface area (Å²) in [5.74, 6) is 1.64. The van der Waals surface area contributed by atoms with E-state index in [1.54, 1.807) is 36.4 Å². The molecule has 131 valence electrons. The van der Waals surface area contributed by atoms with E-state index in [1.807, 2.05) is 0 Å². The van der Waals surface area contributed by atoms with E-state index in [4.69, 9.17) is 29.2 Å². The Bertz CT molecular complexity index is 619. The normalized spacial score (nSPS) is 11.5. The van der Waals surface area contributed by atoms with Gasteiger partial charge in [-0.3, -0.25) is 0 Å². The number of hydrogen-bond donors (Lipinski definition) is 4. The Morgan fingerprint density at radius 2 is 1.44 bits per heavy atom. The lowest BCUT2D eigenvalue weighted by Gasteiger charge is -2.13. The standard InChI is InChI=1S/C16H19B2O7/c19-13(11-24-15-3-1-12(2-4-15)18(21)22)9-10-23-14-5-7-16(8-6-14)25-17-20/h1-8,13,19-22H,9-11H2. The minimum absolute atomic E-state index is 0.101. The molecule has 0 bridgehead atoms. The molecule has 0 amide bonds. The first kappa shape index (κ1) is 19.1. The lowest BCUT2D eigenvalue weighted by Crippen LogP contribution is -2.29. The predicted molar refractivity (Wildman–Crippen MR) is 92.9 cm³/mol. The second-order valence-electron chi connectivity index (χ2n) is 5.24. The zero-order valence-electron chi connectivity index (χ0n) is 13.5. The Morgan fingerprint density at radius 1 is 0.880 bits per heavy atom. The highest BCUT2D eigenvalue weighted by atomic mass is 16.5. The third-order valence-electron chi connectivity index (χ3n) is 3.35. The zero-order chi connectivity index (χ0) is 18.1. The number of aliphatic hydroxyl groups is 1. The van der Waals surface area contributed by atoms with Crippen molar-refractivity contribution in [3.8, 4) is 17.2 Å². The van der Waals surface area contributed by atoms with Crippen molar-refractivity contribution in [3.63, 3.8) is 0 Å². The van der Waals surface area contributed by atoms with Crippen LogP contribution in [-0.4, -0.2) is 54.3 Å². The summed E-state index contributed by atoms with van der Waals surface area (Å²) >= 11 is 0. The summed E-state index contributed by atoms with van der Waals surface area (Å²) in [5.41, 5.74) is 0.370. The lowest BCUT2D eigenvalue weighted by molar-refractivity contribution is 0.0858. The molecule has 0 saturated carbocycles. The van der Waals surface area contributed by atoms with E-state index in [-0.39, 0.29) is 6.61 Å². The Hall–Kier alpha value is -2.19. The molecular formula is C16H19B2O7. The molecule has 25 heavy (non-hydrogen) atoms. The SMILES string of the molecule is O[B]Oc1ccc(OCCC(O)COc2ccc(B(O)O)cc2)cc1. The average molecular weight is 345 g/mol. The molecule has 2 aromatic carbocycles. The van der Waals surface area contributed by atoms with Gasteiger partial charge in [0.25, 0.3) is 0 Å². The molecule has 0 spiro atoms. The Morgan fingerprint density at radius 3 is 2.04 bits per heavy atom. The van der Waals surface area contributed by atoms with Crippen molar-refractivity contribution < 1.29 is 34.3 Å². The second-order valence-corrected chi connectivity index (χ2v) is 5.24. The van der Waals surface area contributed by atoms with E-state index in [1.165, 1.54) is 12.1 Å². The Labute approximate surface area is 146 Å². The minimum Gasteiger partial charge on any atom is -0.537 e. The van der Waals surface area contributed by atoms with Crippen LogP contribution in [0.3, 0.4) is 0 Å². The number of hydrogen-bond acceptors (Lipinski definition) is 7. The summed E-state index contributed by atoms with van der Waals surface area (Å²) in [6, 6.07) is 13.0. The van der Waals surface area contributed by atoms with Crippen molar-refractivity contribution in [2.24, 2.45) is 0 Å². The van der Waals surface area contributed by atoms with Gasteiger partial charge in [0.1, 0.15) is 23.9 Å². The van der Waals surface area contributed by atoms with Crippen LogP contribution in [0.25, 0.3) is 0 Å². The van der Waals surface area contributed by atoms with Crippen LogP contribution in [0, 0.1) is 0 Å². The number of benzene rings is 2. The summed E-state index contributed by atoms with van der Waals surface area (Å²) in [6.07, 6.45) is -0.314. The molecule has 1 radical (unpaired) electrons. The van der Waals surface area contributed by atoms with Gasteiger partial charge in [-0.1, -0.05) is 12.1 Å². The zero-order valence-corrected chi connectivity index (χ0v) is 13.5. The first-order valence-corrected chi connectivity index (χ1v) is 7.71. The molecule has 0 fully saturated rings. The van der Waals surface area contributed by atoms with Gasteiger partial charge in [-0.05, 0) is 41.9 Å². The highest BCUT2D eigenvalue weighted by Gasteiger charge is 2.11. The van der Waals surface area contributed by atoms with Crippen LogP contribution in [0.5, 0.6) is 17.2 Å². The van der Waals surface area contributed by atoms with E-state index in [9.17, 15) is 5.11 Å². The van der Waals surface area contributed by atoms with Gasteiger partial charge in [0, 0.05) is 6.42 Å². The molecule has 7 nitrogen and oxygen atoms in total. The largest absolute Gasteiger partial charge is 0.569 e. The van der Waals surface area contributed by atoms with Gasteiger partial charge in [0.15, 0.2) is 0 Å². The fourth-order valence-corrected chi connectivity index (χ4v) is 2.00.